The summed E-state index contributed by atoms with van der Waals surface area (Å²) in [6.45, 7) is 5.55. The Labute approximate surface area is 107 Å². The summed E-state index contributed by atoms with van der Waals surface area (Å²) in [6, 6.07) is 0. The minimum absolute atomic E-state index is 0.0212. The van der Waals surface area contributed by atoms with Crippen molar-refractivity contribution in [3.8, 4) is 0 Å². The van der Waals surface area contributed by atoms with E-state index in [2.05, 4.69) is 26.7 Å². The number of hydrogen-bond acceptors (Lipinski definition) is 5. The van der Waals surface area contributed by atoms with Crippen LogP contribution < -0.4 is 10.5 Å². The van der Waals surface area contributed by atoms with Gasteiger partial charge in [0.05, 0.1) is 6.20 Å². The Bertz CT molecular complexity index is 498. The van der Waals surface area contributed by atoms with Crippen molar-refractivity contribution in [1.82, 2.24) is 19.8 Å². The van der Waals surface area contributed by atoms with Crippen LogP contribution in [0.5, 0.6) is 0 Å². The molecule has 0 aliphatic carbocycles. The van der Waals surface area contributed by atoms with Crippen molar-refractivity contribution in [1.29, 1.82) is 0 Å². The first-order valence-corrected chi connectivity index (χ1v) is 7.52. The Kier molecular flexibility index (Phi) is 3.88. The van der Waals surface area contributed by atoms with E-state index in [0.29, 0.717) is 12.5 Å². The number of nitrogen functional groups attached to an aromatic ring is 1. The molecule has 0 saturated carbocycles. The van der Waals surface area contributed by atoms with Crippen LogP contribution >= 0.6 is 0 Å². The van der Waals surface area contributed by atoms with Crippen molar-refractivity contribution in [2.24, 2.45) is 5.92 Å². The molecule has 2 heterocycles. The van der Waals surface area contributed by atoms with Gasteiger partial charge in [0, 0.05) is 13.1 Å². The highest BCUT2D eigenvalue weighted by Crippen LogP contribution is 2.17. The van der Waals surface area contributed by atoms with E-state index in [1.165, 1.54) is 6.20 Å². The number of nitrogens with one attached hydrogen (secondary N) is 2. The highest BCUT2D eigenvalue weighted by atomic mass is 32.2. The third-order valence-corrected chi connectivity index (χ3v) is 4.75. The highest BCUT2D eigenvalue weighted by Gasteiger charge is 2.25. The number of sulfonamides is 1. The molecule has 1 atom stereocenters. The predicted molar refractivity (Wildman–Crippen MR) is 68.4 cm³/mol. The maximum absolute atomic E-state index is 12.0. The average Bonchev–Trinajstić information content (AvgIpc) is 2.95. The van der Waals surface area contributed by atoms with Gasteiger partial charge in [-0.2, -0.15) is 5.10 Å². The predicted octanol–water partition coefficient (Wildman–Crippen LogP) is -0.388. The second kappa shape index (κ2) is 5.25. The molecule has 4 N–H and O–H groups in total. The molecule has 0 aromatic carbocycles. The van der Waals surface area contributed by atoms with Crippen LogP contribution in [0.15, 0.2) is 11.1 Å². The first-order valence-electron chi connectivity index (χ1n) is 6.03. The van der Waals surface area contributed by atoms with Gasteiger partial charge in [-0.15, -0.1) is 0 Å². The molecule has 2 rings (SSSR count). The zero-order valence-electron chi connectivity index (χ0n) is 10.4. The molecule has 1 aromatic rings. The molecule has 102 valence electrons. The molecule has 18 heavy (non-hydrogen) atoms. The second-order valence-electron chi connectivity index (χ2n) is 4.55. The van der Waals surface area contributed by atoms with Crippen LogP contribution in [-0.2, 0) is 10.0 Å². The Morgan fingerprint density at radius 2 is 2.44 bits per heavy atom. The van der Waals surface area contributed by atoms with Gasteiger partial charge in [0.25, 0.3) is 0 Å². The summed E-state index contributed by atoms with van der Waals surface area (Å²) >= 11 is 0. The number of nitrogens with two attached hydrogens (primary N) is 1. The largest absolute Gasteiger partial charge is 0.383 e. The molecular formula is C10H19N5O2S. The topological polar surface area (TPSA) is 104 Å². The number of nitrogens with zero attached hydrogens (tertiary/aromatic N) is 2. The number of hydrogen-bond donors (Lipinski definition) is 3. The summed E-state index contributed by atoms with van der Waals surface area (Å²) in [5.74, 6) is 0.442. The van der Waals surface area contributed by atoms with E-state index in [4.69, 9.17) is 5.73 Å². The van der Waals surface area contributed by atoms with Gasteiger partial charge < -0.3 is 10.6 Å². The van der Waals surface area contributed by atoms with Crippen LogP contribution in [0, 0.1) is 5.92 Å². The lowest BCUT2D eigenvalue weighted by Gasteiger charge is -2.13. The molecule has 1 aliphatic heterocycles. The van der Waals surface area contributed by atoms with E-state index >= 15 is 0 Å². The SMILES string of the molecule is CCN1CCC(CNS(=O)(=O)c2cn[nH]c2N)C1. The molecule has 0 amide bonds. The van der Waals surface area contributed by atoms with Gasteiger partial charge >= 0.3 is 0 Å². The van der Waals surface area contributed by atoms with E-state index < -0.39 is 10.0 Å². The molecule has 0 bridgehead atoms. The van der Waals surface area contributed by atoms with Crippen LogP contribution in [-0.4, -0.2) is 49.7 Å². The Balaban J connectivity index is 1.93. The van der Waals surface area contributed by atoms with E-state index in [1.54, 1.807) is 0 Å². The fraction of sp³-hybridized carbons (Fsp3) is 0.700. The van der Waals surface area contributed by atoms with Gasteiger partial charge in [0.1, 0.15) is 10.7 Å². The minimum atomic E-state index is -3.55. The fourth-order valence-electron chi connectivity index (χ4n) is 2.17. The van der Waals surface area contributed by atoms with Gasteiger partial charge in [0.15, 0.2) is 0 Å². The maximum atomic E-state index is 12.0. The van der Waals surface area contributed by atoms with Crippen molar-refractivity contribution < 1.29 is 8.42 Å². The lowest BCUT2D eigenvalue weighted by Crippen LogP contribution is -2.31. The van der Waals surface area contributed by atoms with Crippen LogP contribution in [0.2, 0.25) is 0 Å². The molecular weight excluding hydrogens is 254 g/mol. The Hall–Kier alpha value is -1.12. The van der Waals surface area contributed by atoms with Gasteiger partial charge in [-0.1, -0.05) is 6.92 Å². The first kappa shape index (κ1) is 13.3. The number of H-pyrrole nitrogens is 1. The molecule has 7 nitrogen and oxygen atoms in total. The summed E-state index contributed by atoms with van der Waals surface area (Å²) in [5, 5.41) is 6.03. The summed E-state index contributed by atoms with van der Waals surface area (Å²) in [5.41, 5.74) is 5.51. The molecule has 0 radical (unpaired) electrons. The monoisotopic (exact) mass is 273 g/mol. The number of aromatic amines is 1. The van der Waals surface area contributed by atoms with E-state index in [1.807, 2.05) is 0 Å². The molecule has 8 heteroatoms. The third kappa shape index (κ3) is 2.82. The summed E-state index contributed by atoms with van der Waals surface area (Å²) < 4.78 is 26.5. The van der Waals surface area contributed by atoms with Crippen molar-refractivity contribution >= 4 is 15.8 Å². The maximum Gasteiger partial charge on any atom is 0.245 e. The second-order valence-corrected chi connectivity index (χ2v) is 6.28. The molecule has 1 fully saturated rings. The standard InChI is InChI=1S/C10H19N5O2S/c1-2-15-4-3-8(7-15)5-13-18(16,17)9-6-12-14-10(9)11/h6,8,13H,2-5,7H2,1H3,(H3,11,12,14). The van der Waals surface area contributed by atoms with E-state index in [9.17, 15) is 8.42 Å². The van der Waals surface area contributed by atoms with Gasteiger partial charge in [0.2, 0.25) is 10.0 Å². The lowest BCUT2D eigenvalue weighted by atomic mass is 10.1. The molecule has 1 aromatic heterocycles. The zero-order chi connectivity index (χ0) is 13.2. The van der Waals surface area contributed by atoms with Crippen LogP contribution in [0.25, 0.3) is 0 Å². The Morgan fingerprint density at radius 1 is 1.67 bits per heavy atom. The van der Waals surface area contributed by atoms with Crippen molar-refractivity contribution in [2.75, 3.05) is 31.9 Å². The van der Waals surface area contributed by atoms with Crippen LogP contribution in [0.4, 0.5) is 5.82 Å². The third-order valence-electron chi connectivity index (χ3n) is 3.30. The van der Waals surface area contributed by atoms with Crippen LogP contribution in [0.1, 0.15) is 13.3 Å². The first-order chi connectivity index (χ1) is 8.53. The van der Waals surface area contributed by atoms with E-state index in [-0.39, 0.29) is 10.7 Å². The average molecular weight is 273 g/mol. The van der Waals surface area contributed by atoms with Crippen molar-refractivity contribution in [3.63, 3.8) is 0 Å². The lowest BCUT2D eigenvalue weighted by molar-refractivity contribution is 0.342. The number of aromatic nitrogens is 2. The van der Waals surface area contributed by atoms with Gasteiger partial charge in [-0.25, -0.2) is 13.1 Å². The number of anilines is 1. The molecule has 0 spiro atoms. The van der Waals surface area contributed by atoms with Crippen molar-refractivity contribution in [2.45, 2.75) is 18.2 Å². The van der Waals surface area contributed by atoms with Crippen molar-refractivity contribution in [3.05, 3.63) is 6.20 Å². The van der Waals surface area contributed by atoms with Crippen LogP contribution in [0.3, 0.4) is 0 Å². The quantitative estimate of drug-likeness (QED) is 0.678. The fourth-order valence-corrected chi connectivity index (χ4v) is 3.31. The number of likely N-dealkylation sites (tertiary alicyclic amines) is 1. The summed E-state index contributed by atoms with van der Waals surface area (Å²) in [4.78, 5) is 2.33. The summed E-state index contributed by atoms with van der Waals surface area (Å²) in [7, 11) is -3.55. The molecule has 1 saturated heterocycles. The summed E-state index contributed by atoms with van der Waals surface area (Å²) in [6.07, 6.45) is 2.25. The van der Waals surface area contributed by atoms with Gasteiger partial charge in [-0.3, -0.25) is 5.10 Å². The number of rotatable bonds is 5. The minimum Gasteiger partial charge on any atom is -0.383 e. The zero-order valence-corrected chi connectivity index (χ0v) is 11.2. The van der Waals surface area contributed by atoms with E-state index in [0.717, 1.165) is 26.1 Å². The van der Waals surface area contributed by atoms with Gasteiger partial charge in [-0.05, 0) is 25.4 Å². The molecule has 1 unspecified atom stereocenters. The highest BCUT2D eigenvalue weighted by molar-refractivity contribution is 7.89. The molecule has 1 aliphatic rings. The smallest absolute Gasteiger partial charge is 0.245 e. The Morgan fingerprint density at radius 3 is 3.00 bits per heavy atom. The normalized spacial score (nSPS) is 21.5.